The number of benzene rings is 2. The summed E-state index contributed by atoms with van der Waals surface area (Å²) < 4.78 is 26.8. The van der Waals surface area contributed by atoms with Crippen LogP contribution in [0, 0.1) is 11.6 Å². The Morgan fingerprint density at radius 2 is 1.78 bits per heavy atom. The van der Waals surface area contributed by atoms with E-state index in [1.165, 1.54) is 0 Å². The molecule has 18 heavy (non-hydrogen) atoms. The molecule has 3 heteroatoms. The van der Waals surface area contributed by atoms with Crippen LogP contribution in [0.25, 0.3) is 11.1 Å². The molecule has 0 atom stereocenters. The van der Waals surface area contributed by atoms with Crippen molar-refractivity contribution < 1.29 is 8.78 Å². The zero-order valence-corrected chi connectivity index (χ0v) is 10.9. The molecule has 0 saturated carbocycles. The van der Waals surface area contributed by atoms with Gasteiger partial charge < -0.3 is 0 Å². The van der Waals surface area contributed by atoms with Crippen molar-refractivity contribution in [3.05, 3.63) is 58.6 Å². The fraction of sp³-hybridized carbons (Fsp3) is 0.200. The van der Waals surface area contributed by atoms with Crippen LogP contribution < -0.4 is 0 Å². The SMILES string of the molecule is CC(C)c1cccc(-c2c(F)cc(F)cc2Cl)c1. The van der Waals surface area contributed by atoms with Gasteiger partial charge in [0.25, 0.3) is 0 Å². The minimum absolute atomic E-state index is 0.0911. The molecular formula is C15H13ClF2. The summed E-state index contributed by atoms with van der Waals surface area (Å²) in [7, 11) is 0. The van der Waals surface area contributed by atoms with Crippen LogP contribution >= 0.6 is 11.6 Å². The highest BCUT2D eigenvalue weighted by atomic mass is 35.5. The Morgan fingerprint density at radius 1 is 1.06 bits per heavy atom. The zero-order valence-electron chi connectivity index (χ0n) is 10.2. The van der Waals surface area contributed by atoms with Crippen LogP contribution in [0.2, 0.25) is 5.02 Å². The van der Waals surface area contributed by atoms with Gasteiger partial charge in [-0.25, -0.2) is 8.78 Å². The molecule has 0 aliphatic carbocycles. The summed E-state index contributed by atoms with van der Waals surface area (Å²) in [5.41, 5.74) is 2.01. The minimum atomic E-state index is -0.665. The second-order valence-electron chi connectivity index (χ2n) is 4.52. The molecule has 2 rings (SSSR count). The van der Waals surface area contributed by atoms with Gasteiger partial charge in [0.2, 0.25) is 0 Å². The Hall–Kier alpha value is -1.41. The van der Waals surface area contributed by atoms with E-state index in [4.69, 9.17) is 11.6 Å². The van der Waals surface area contributed by atoms with Gasteiger partial charge in [-0.15, -0.1) is 0 Å². The molecule has 0 unspecified atom stereocenters. The Kier molecular flexibility index (Phi) is 3.67. The molecule has 0 saturated heterocycles. The van der Waals surface area contributed by atoms with E-state index in [1.54, 1.807) is 6.07 Å². The molecular weight excluding hydrogens is 254 g/mol. The third-order valence-corrected chi connectivity index (χ3v) is 3.15. The maximum Gasteiger partial charge on any atom is 0.135 e. The van der Waals surface area contributed by atoms with Crippen LogP contribution in [0.15, 0.2) is 36.4 Å². The predicted molar refractivity (Wildman–Crippen MR) is 70.9 cm³/mol. The van der Waals surface area contributed by atoms with Gasteiger partial charge in [-0.2, -0.15) is 0 Å². The van der Waals surface area contributed by atoms with E-state index < -0.39 is 11.6 Å². The highest BCUT2D eigenvalue weighted by Crippen LogP contribution is 2.32. The highest BCUT2D eigenvalue weighted by Gasteiger charge is 2.13. The van der Waals surface area contributed by atoms with Crippen molar-refractivity contribution in [3.63, 3.8) is 0 Å². The van der Waals surface area contributed by atoms with E-state index >= 15 is 0 Å². The van der Waals surface area contributed by atoms with Crippen molar-refractivity contribution in [2.75, 3.05) is 0 Å². The lowest BCUT2D eigenvalue weighted by Gasteiger charge is -2.10. The van der Waals surface area contributed by atoms with E-state index in [1.807, 2.05) is 18.2 Å². The summed E-state index contributed by atoms with van der Waals surface area (Å²) in [4.78, 5) is 0. The van der Waals surface area contributed by atoms with Crippen molar-refractivity contribution in [2.24, 2.45) is 0 Å². The van der Waals surface area contributed by atoms with Gasteiger partial charge in [0.15, 0.2) is 0 Å². The van der Waals surface area contributed by atoms with Gasteiger partial charge in [0.05, 0.1) is 5.02 Å². The molecule has 0 aliphatic rings. The van der Waals surface area contributed by atoms with Gasteiger partial charge in [0, 0.05) is 11.6 Å². The zero-order chi connectivity index (χ0) is 13.3. The smallest absolute Gasteiger partial charge is 0.135 e. The van der Waals surface area contributed by atoms with Crippen molar-refractivity contribution in [1.82, 2.24) is 0 Å². The third kappa shape index (κ3) is 2.54. The predicted octanol–water partition coefficient (Wildman–Crippen LogP) is 5.41. The quantitative estimate of drug-likeness (QED) is 0.682. The molecule has 0 heterocycles. The van der Waals surface area contributed by atoms with E-state index in [9.17, 15) is 8.78 Å². The number of hydrogen-bond donors (Lipinski definition) is 0. The summed E-state index contributed by atoms with van der Waals surface area (Å²) in [5, 5.41) is 0.0911. The molecule has 2 aromatic carbocycles. The summed E-state index contributed by atoms with van der Waals surface area (Å²) >= 11 is 5.92. The summed E-state index contributed by atoms with van der Waals surface area (Å²) in [6, 6.07) is 9.46. The van der Waals surface area contributed by atoms with Crippen molar-refractivity contribution in [3.8, 4) is 11.1 Å². The molecule has 0 nitrogen and oxygen atoms in total. The lowest BCUT2D eigenvalue weighted by atomic mass is 9.97. The molecule has 2 aromatic rings. The van der Waals surface area contributed by atoms with Gasteiger partial charge in [-0.3, -0.25) is 0 Å². The van der Waals surface area contributed by atoms with Crippen LogP contribution in [-0.2, 0) is 0 Å². The Morgan fingerprint density at radius 3 is 2.39 bits per heavy atom. The van der Waals surface area contributed by atoms with E-state index in [-0.39, 0.29) is 10.6 Å². The average molecular weight is 267 g/mol. The largest absolute Gasteiger partial charge is 0.207 e. The summed E-state index contributed by atoms with van der Waals surface area (Å²) in [6.07, 6.45) is 0. The van der Waals surface area contributed by atoms with E-state index in [0.29, 0.717) is 11.5 Å². The minimum Gasteiger partial charge on any atom is -0.207 e. The third-order valence-electron chi connectivity index (χ3n) is 2.85. The first-order valence-corrected chi connectivity index (χ1v) is 6.11. The van der Waals surface area contributed by atoms with Crippen molar-refractivity contribution >= 4 is 11.6 Å². The second-order valence-corrected chi connectivity index (χ2v) is 4.93. The monoisotopic (exact) mass is 266 g/mol. The fourth-order valence-corrected chi connectivity index (χ4v) is 2.17. The van der Waals surface area contributed by atoms with Crippen LogP contribution in [0.1, 0.15) is 25.3 Å². The van der Waals surface area contributed by atoms with Crippen LogP contribution in [0.3, 0.4) is 0 Å². The molecule has 0 N–H and O–H groups in total. The van der Waals surface area contributed by atoms with Crippen LogP contribution in [0.4, 0.5) is 8.78 Å². The summed E-state index contributed by atoms with van der Waals surface area (Å²) in [6.45, 7) is 4.11. The second kappa shape index (κ2) is 5.07. The number of rotatable bonds is 2. The molecule has 0 bridgehead atoms. The lowest BCUT2D eigenvalue weighted by Crippen LogP contribution is -1.92. The van der Waals surface area contributed by atoms with Crippen LogP contribution in [-0.4, -0.2) is 0 Å². The van der Waals surface area contributed by atoms with E-state index in [0.717, 1.165) is 17.7 Å². The van der Waals surface area contributed by atoms with Crippen LogP contribution in [0.5, 0.6) is 0 Å². The van der Waals surface area contributed by atoms with Crippen molar-refractivity contribution in [1.29, 1.82) is 0 Å². The standard InChI is InChI=1S/C15H13ClF2/c1-9(2)10-4-3-5-11(6-10)15-13(16)7-12(17)8-14(15)18/h3-9H,1-2H3. The normalized spacial score (nSPS) is 11.0. The van der Waals surface area contributed by atoms with Crippen molar-refractivity contribution in [2.45, 2.75) is 19.8 Å². The Labute approximate surface area is 110 Å². The van der Waals surface area contributed by atoms with Gasteiger partial charge >= 0.3 is 0 Å². The first kappa shape index (κ1) is 13.0. The Bertz CT molecular complexity index is 553. The number of hydrogen-bond acceptors (Lipinski definition) is 0. The highest BCUT2D eigenvalue weighted by molar-refractivity contribution is 6.33. The molecule has 0 aromatic heterocycles. The Balaban J connectivity index is 2.59. The first-order valence-electron chi connectivity index (χ1n) is 5.74. The van der Waals surface area contributed by atoms with Gasteiger partial charge in [-0.05, 0) is 23.1 Å². The lowest BCUT2D eigenvalue weighted by molar-refractivity contribution is 0.585. The van der Waals surface area contributed by atoms with Gasteiger partial charge in [0.1, 0.15) is 11.6 Å². The molecule has 0 spiro atoms. The molecule has 0 amide bonds. The molecule has 0 fully saturated rings. The molecule has 0 aliphatic heterocycles. The number of halogens is 3. The fourth-order valence-electron chi connectivity index (χ4n) is 1.87. The van der Waals surface area contributed by atoms with Gasteiger partial charge in [-0.1, -0.05) is 49.7 Å². The maximum atomic E-state index is 13.8. The topological polar surface area (TPSA) is 0 Å². The maximum absolute atomic E-state index is 13.8. The summed E-state index contributed by atoms with van der Waals surface area (Å²) in [5.74, 6) is -0.964. The first-order chi connectivity index (χ1) is 8.49. The molecule has 0 radical (unpaired) electrons. The van der Waals surface area contributed by atoms with E-state index in [2.05, 4.69) is 13.8 Å². The average Bonchev–Trinajstić information content (AvgIpc) is 2.28. The molecule has 94 valence electrons.